The number of ether oxygens (including phenoxy) is 2. The highest BCUT2D eigenvalue weighted by molar-refractivity contribution is 5.81. The van der Waals surface area contributed by atoms with E-state index in [-0.39, 0.29) is 42.6 Å². The molecule has 5 rings (SSSR count). The van der Waals surface area contributed by atoms with Gasteiger partial charge in [0.25, 0.3) is 0 Å². The van der Waals surface area contributed by atoms with Gasteiger partial charge in [0.15, 0.2) is 0 Å². The van der Waals surface area contributed by atoms with Crippen LogP contribution in [-0.2, 0) is 19.1 Å². The van der Waals surface area contributed by atoms with Crippen molar-refractivity contribution in [3.05, 3.63) is 0 Å². The molecular formula is C23H37N3O6. The molecule has 180 valence electrons. The number of esters is 1. The Morgan fingerprint density at radius 2 is 1.84 bits per heavy atom. The van der Waals surface area contributed by atoms with E-state index in [9.17, 15) is 19.5 Å². The Hall–Kier alpha value is -1.87. The molecule has 4 N–H and O–H groups in total. The van der Waals surface area contributed by atoms with Crippen LogP contribution in [0.1, 0.15) is 59.3 Å². The third kappa shape index (κ3) is 4.59. The zero-order valence-corrected chi connectivity index (χ0v) is 19.3. The lowest BCUT2D eigenvalue weighted by atomic mass is 9.48. The standard InChI is InChI=1S/C23H37N3O6/c1-22(2,3)32-19(28)17(12-27)25-16-4-5-26(11-16)21(30)31-18-14-6-13-7-15(18)10-23(8-13,9-14)20(24)29/h13-18,25,27H,4-12H2,1-3H3,(H2,24,29)/t13?,14-,15-,16?,17?,18?,23?/m1/s1. The Kier molecular flexibility index (Phi) is 6.17. The summed E-state index contributed by atoms with van der Waals surface area (Å²) in [5, 5.41) is 12.7. The van der Waals surface area contributed by atoms with Gasteiger partial charge in [-0.1, -0.05) is 0 Å². The topological polar surface area (TPSA) is 131 Å². The fourth-order valence-corrected chi connectivity index (χ4v) is 6.58. The second-order valence-corrected chi connectivity index (χ2v) is 11.3. The molecule has 9 nitrogen and oxygen atoms in total. The number of carbonyl (C=O) groups is 3. The average molecular weight is 452 g/mol. The summed E-state index contributed by atoms with van der Waals surface area (Å²) >= 11 is 0. The molecule has 1 aliphatic heterocycles. The molecule has 0 aromatic carbocycles. The van der Waals surface area contributed by atoms with Crippen molar-refractivity contribution in [1.29, 1.82) is 0 Å². The highest BCUT2D eigenvalue weighted by Crippen LogP contribution is 2.60. The number of carbonyl (C=O) groups excluding carboxylic acids is 3. The molecule has 4 bridgehead atoms. The summed E-state index contributed by atoms with van der Waals surface area (Å²) in [5.41, 5.74) is 4.71. The molecule has 9 heteroatoms. The second-order valence-electron chi connectivity index (χ2n) is 11.3. The van der Waals surface area contributed by atoms with E-state index in [1.807, 2.05) is 0 Å². The normalized spacial score (nSPS) is 36.8. The van der Waals surface area contributed by atoms with E-state index < -0.39 is 23.0 Å². The molecule has 0 spiro atoms. The molecule has 5 aliphatic rings. The van der Waals surface area contributed by atoms with Crippen LogP contribution >= 0.6 is 0 Å². The third-order valence-corrected chi connectivity index (χ3v) is 7.70. The van der Waals surface area contributed by atoms with Crippen molar-refractivity contribution in [2.45, 2.75) is 83.1 Å². The number of amides is 2. The molecular weight excluding hydrogens is 414 g/mol. The number of nitrogens with zero attached hydrogens (tertiary/aromatic N) is 1. The van der Waals surface area contributed by atoms with Crippen LogP contribution in [0, 0.1) is 23.2 Å². The fourth-order valence-electron chi connectivity index (χ4n) is 6.58. The van der Waals surface area contributed by atoms with Crippen LogP contribution in [0.4, 0.5) is 4.79 Å². The maximum absolute atomic E-state index is 12.9. The Labute approximate surface area is 189 Å². The van der Waals surface area contributed by atoms with Gasteiger partial charge in [0, 0.05) is 19.1 Å². The number of nitrogens with two attached hydrogens (primary N) is 1. The number of rotatable bonds is 6. The minimum absolute atomic E-state index is 0.121. The predicted octanol–water partition coefficient (Wildman–Crippen LogP) is 1.17. The number of likely N-dealkylation sites (tertiary alicyclic amines) is 1. The SMILES string of the molecule is CC(C)(C)OC(=O)C(CO)NC1CCN(C(=O)OC2[C@@H]3CC4C[C@@H]2CC(C(N)=O)(C4)C3)C1. The van der Waals surface area contributed by atoms with Crippen molar-refractivity contribution in [3.8, 4) is 0 Å². The Morgan fingerprint density at radius 1 is 1.19 bits per heavy atom. The van der Waals surface area contributed by atoms with Gasteiger partial charge >= 0.3 is 12.1 Å². The van der Waals surface area contributed by atoms with Gasteiger partial charge in [-0.2, -0.15) is 0 Å². The number of nitrogens with one attached hydrogen (secondary N) is 1. The molecule has 0 radical (unpaired) electrons. The molecule has 0 aromatic rings. The van der Waals surface area contributed by atoms with Crippen molar-refractivity contribution in [2.24, 2.45) is 28.9 Å². The lowest BCUT2D eigenvalue weighted by Crippen LogP contribution is -2.59. The average Bonchev–Trinajstić information content (AvgIpc) is 3.15. The quantitative estimate of drug-likeness (QED) is 0.517. The molecule has 32 heavy (non-hydrogen) atoms. The van der Waals surface area contributed by atoms with E-state index in [0.29, 0.717) is 25.4 Å². The summed E-state index contributed by atoms with van der Waals surface area (Å²) in [6.45, 7) is 5.91. The van der Waals surface area contributed by atoms with Gasteiger partial charge in [0.1, 0.15) is 17.7 Å². The largest absolute Gasteiger partial charge is 0.459 e. The van der Waals surface area contributed by atoms with Gasteiger partial charge in [-0.25, -0.2) is 4.79 Å². The highest BCUT2D eigenvalue weighted by atomic mass is 16.6. The minimum Gasteiger partial charge on any atom is -0.459 e. The van der Waals surface area contributed by atoms with Crippen LogP contribution in [0.15, 0.2) is 0 Å². The van der Waals surface area contributed by atoms with E-state index in [0.717, 1.165) is 32.1 Å². The predicted molar refractivity (Wildman–Crippen MR) is 115 cm³/mol. The smallest absolute Gasteiger partial charge is 0.410 e. The zero-order chi connectivity index (χ0) is 23.3. The van der Waals surface area contributed by atoms with Gasteiger partial charge in [-0.15, -0.1) is 0 Å². The van der Waals surface area contributed by atoms with Crippen LogP contribution in [0.2, 0.25) is 0 Å². The first kappa shape index (κ1) is 23.3. The Bertz CT molecular complexity index is 749. The Morgan fingerprint density at radius 3 is 2.41 bits per heavy atom. The van der Waals surface area contributed by atoms with Crippen LogP contribution in [0.25, 0.3) is 0 Å². The van der Waals surface area contributed by atoms with Crippen LogP contribution in [0.5, 0.6) is 0 Å². The molecule has 4 saturated carbocycles. The lowest BCUT2D eigenvalue weighted by Gasteiger charge is -2.58. The van der Waals surface area contributed by atoms with Crippen LogP contribution in [0.3, 0.4) is 0 Å². The summed E-state index contributed by atoms with van der Waals surface area (Å²) < 4.78 is 11.4. The summed E-state index contributed by atoms with van der Waals surface area (Å²) in [6.07, 6.45) is 4.53. The molecule has 2 amide bonds. The van der Waals surface area contributed by atoms with Gasteiger partial charge < -0.3 is 25.2 Å². The van der Waals surface area contributed by atoms with Crippen molar-refractivity contribution in [1.82, 2.24) is 10.2 Å². The van der Waals surface area contributed by atoms with Crippen molar-refractivity contribution < 1.29 is 29.0 Å². The molecule has 5 fully saturated rings. The third-order valence-electron chi connectivity index (χ3n) is 7.70. The van der Waals surface area contributed by atoms with E-state index in [2.05, 4.69) is 5.32 Å². The van der Waals surface area contributed by atoms with Gasteiger partial charge in [0.05, 0.1) is 12.0 Å². The summed E-state index contributed by atoms with van der Waals surface area (Å²) in [5.74, 6) is 0.232. The zero-order valence-electron chi connectivity index (χ0n) is 19.3. The second kappa shape index (κ2) is 8.48. The molecule has 1 saturated heterocycles. The van der Waals surface area contributed by atoms with Crippen LogP contribution in [-0.4, -0.2) is 71.5 Å². The van der Waals surface area contributed by atoms with Crippen LogP contribution < -0.4 is 11.1 Å². The first-order valence-electron chi connectivity index (χ1n) is 11.8. The fraction of sp³-hybridized carbons (Fsp3) is 0.870. The molecule has 4 aliphatic carbocycles. The first-order chi connectivity index (χ1) is 15.0. The van der Waals surface area contributed by atoms with Gasteiger partial charge in [-0.3, -0.25) is 14.9 Å². The maximum atomic E-state index is 12.9. The molecule has 1 heterocycles. The van der Waals surface area contributed by atoms with E-state index in [4.69, 9.17) is 15.2 Å². The van der Waals surface area contributed by atoms with Crippen molar-refractivity contribution >= 4 is 18.0 Å². The molecule has 0 aromatic heterocycles. The summed E-state index contributed by atoms with van der Waals surface area (Å²) in [7, 11) is 0. The monoisotopic (exact) mass is 451 g/mol. The first-order valence-corrected chi connectivity index (χ1v) is 11.8. The summed E-state index contributed by atoms with van der Waals surface area (Å²) in [6, 6.07) is -0.950. The van der Waals surface area contributed by atoms with E-state index >= 15 is 0 Å². The van der Waals surface area contributed by atoms with Gasteiger partial charge in [0.2, 0.25) is 5.91 Å². The van der Waals surface area contributed by atoms with Gasteiger partial charge in [-0.05, 0) is 77.0 Å². The maximum Gasteiger partial charge on any atom is 0.410 e. The van der Waals surface area contributed by atoms with E-state index in [1.165, 1.54) is 0 Å². The number of hydrogen-bond donors (Lipinski definition) is 3. The number of aliphatic hydroxyl groups excluding tert-OH is 1. The van der Waals surface area contributed by atoms with Crippen molar-refractivity contribution in [3.63, 3.8) is 0 Å². The highest BCUT2D eigenvalue weighted by Gasteiger charge is 2.59. The number of hydrogen-bond acceptors (Lipinski definition) is 7. The van der Waals surface area contributed by atoms with Crippen molar-refractivity contribution in [2.75, 3.05) is 19.7 Å². The minimum atomic E-state index is -0.829. The summed E-state index contributed by atoms with van der Waals surface area (Å²) in [4.78, 5) is 39.0. The number of aliphatic hydroxyl groups is 1. The van der Waals surface area contributed by atoms with E-state index in [1.54, 1.807) is 25.7 Å². The lowest BCUT2D eigenvalue weighted by molar-refractivity contribution is -0.161. The molecule has 2 unspecified atom stereocenters. The Balaban J connectivity index is 1.30. The molecule has 4 atom stereocenters. The number of primary amides is 1.